The van der Waals surface area contributed by atoms with Crippen molar-refractivity contribution in [3.8, 4) is 11.5 Å². The first-order valence-corrected chi connectivity index (χ1v) is 7.90. The highest BCUT2D eigenvalue weighted by molar-refractivity contribution is 14.0. The fraction of sp³-hybridized carbons (Fsp3) is 0.278. The summed E-state index contributed by atoms with van der Waals surface area (Å²) in [6.45, 7) is -0.0445. The highest BCUT2D eigenvalue weighted by atomic mass is 127. The molecule has 10 heteroatoms. The van der Waals surface area contributed by atoms with Gasteiger partial charge in [0.2, 0.25) is 0 Å². The van der Waals surface area contributed by atoms with E-state index in [0.717, 1.165) is 12.1 Å². The van der Waals surface area contributed by atoms with Crippen LogP contribution < -0.4 is 15.4 Å². The molecule has 3 N–H and O–H groups in total. The Morgan fingerprint density at radius 1 is 1.07 bits per heavy atom. The van der Waals surface area contributed by atoms with Crippen molar-refractivity contribution in [1.82, 2.24) is 10.6 Å². The van der Waals surface area contributed by atoms with Gasteiger partial charge in [-0.25, -0.2) is 4.39 Å². The lowest BCUT2D eigenvalue weighted by Gasteiger charge is -2.16. The van der Waals surface area contributed by atoms with Crippen LogP contribution in [-0.4, -0.2) is 25.2 Å². The Hall–Kier alpha value is -2.24. The maximum absolute atomic E-state index is 13.2. The molecule has 0 saturated heterocycles. The van der Waals surface area contributed by atoms with Gasteiger partial charge in [0.05, 0.1) is 12.7 Å². The Morgan fingerprint density at radius 3 is 2.29 bits per heavy atom. The summed E-state index contributed by atoms with van der Waals surface area (Å²) in [6.07, 6.45) is -4.66. The minimum Gasteiger partial charge on any atom is -0.508 e. The standard InChI is InChI=1S/C18H19F4N3O2.HI/c1-23-17(25-10-12-7-14(27-2)5-6-16(12)26)24-9-11-3-4-13(19)8-15(11)18(20,21)22;/h3-8,26H,9-10H2,1-2H3,(H2,23,24,25);1H. The van der Waals surface area contributed by atoms with E-state index in [4.69, 9.17) is 4.74 Å². The number of hydrogen-bond acceptors (Lipinski definition) is 3. The maximum Gasteiger partial charge on any atom is 0.416 e. The number of methoxy groups -OCH3 is 1. The Morgan fingerprint density at radius 2 is 1.71 bits per heavy atom. The molecule has 0 aliphatic rings. The van der Waals surface area contributed by atoms with Gasteiger partial charge in [-0.15, -0.1) is 24.0 Å². The average Bonchev–Trinajstić information content (AvgIpc) is 2.63. The number of nitrogens with one attached hydrogen (secondary N) is 2. The second kappa shape index (κ2) is 10.3. The number of benzene rings is 2. The molecule has 0 spiro atoms. The summed E-state index contributed by atoms with van der Waals surface area (Å²) >= 11 is 0. The maximum atomic E-state index is 13.2. The van der Waals surface area contributed by atoms with E-state index in [1.54, 1.807) is 12.1 Å². The molecule has 0 heterocycles. The summed E-state index contributed by atoms with van der Waals surface area (Å²) in [5, 5.41) is 15.5. The van der Waals surface area contributed by atoms with Gasteiger partial charge in [-0.2, -0.15) is 13.2 Å². The van der Waals surface area contributed by atoms with Crippen LogP contribution in [0.4, 0.5) is 17.6 Å². The van der Waals surface area contributed by atoms with Crippen molar-refractivity contribution in [2.75, 3.05) is 14.2 Å². The van der Waals surface area contributed by atoms with Crippen LogP contribution in [0, 0.1) is 5.82 Å². The Balaban J connectivity index is 0.00000392. The van der Waals surface area contributed by atoms with Crippen LogP contribution in [0.2, 0.25) is 0 Å². The summed E-state index contributed by atoms with van der Waals surface area (Å²) in [4.78, 5) is 3.93. The molecular weight excluding hydrogens is 493 g/mol. The third-order valence-electron chi connectivity index (χ3n) is 3.78. The predicted octanol–water partition coefficient (Wildman–Crippen LogP) is 4.04. The van der Waals surface area contributed by atoms with Crippen molar-refractivity contribution in [2.24, 2.45) is 4.99 Å². The third kappa shape index (κ3) is 6.43. The second-order valence-electron chi connectivity index (χ2n) is 5.57. The molecule has 0 radical (unpaired) electrons. The van der Waals surface area contributed by atoms with Gasteiger partial charge in [0.1, 0.15) is 17.3 Å². The monoisotopic (exact) mass is 513 g/mol. The number of alkyl halides is 3. The van der Waals surface area contributed by atoms with Crippen LogP contribution in [0.1, 0.15) is 16.7 Å². The van der Waals surface area contributed by atoms with Crippen molar-refractivity contribution in [2.45, 2.75) is 19.3 Å². The first-order chi connectivity index (χ1) is 12.7. The van der Waals surface area contributed by atoms with Crippen molar-refractivity contribution in [3.63, 3.8) is 0 Å². The first-order valence-electron chi connectivity index (χ1n) is 7.90. The van der Waals surface area contributed by atoms with E-state index in [9.17, 15) is 22.7 Å². The van der Waals surface area contributed by atoms with Crippen molar-refractivity contribution in [3.05, 3.63) is 58.9 Å². The molecule has 0 fully saturated rings. The number of aliphatic imine (C=N–C) groups is 1. The molecule has 0 aromatic heterocycles. The number of phenolic OH excluding ortho intramolecular Hbond substituents is 1. The molecule has 2 rings (SSSR count). The van der Waals surface area contributed by atoms with Gasteiger partial charge in [0.15, 0.2) is 5.96 Å². The van der Waals surface area contributed by atoms with E-state index in [0.29, 0.717) is 17.4 Å². The number of phenols is 1. The molecule has 28 heavy (non-hydrogen) atoms. The minimum atomic E-state index is -4.66. The topological polar surface area (TPSA) is 65.9 Å². The van der Waals surface area contributed by atoms with Gasteiger partial charge >= 0.3 is 6.18 Å². The van der Waals surface area contributed by atoms with Crippen LogP contribution in [0.5, 0.6) is 11.5 Å². The molecule has 0 amide bonds. The molecule has 0 atom stereocenters. The lowest BCUT2D eigenvalue weighted by Crippen LogP contribution is -2.36. The smallest absolute Gasteiger partial charge is 0.416 e. The van der Waals surface area contributed by atoms with Crippen LogP contribution in [0.25, 0.3) is 0 Å². The SMILES string of the molecule is CN=C(NCc1cc(OC)ccc1O)NCc1ccc(F)cc1C(F)(F)F.I. The lowest BCUT2D eigenvalue weighted by atomic mass is 10.1. The summed E-state index contributed by atoms with van der Waals surface area (Å²) in [5.74, 6) is -0.151. The van der Waals surface area contributed by atoms with E-state index >= 15 is 0 Å². The largest absolute Gasteiger partial charge is 0.508 e. The van der Waals surface area contributed by atoms with Gasteiger partial charge in [0.25, 0.3) is 0 Å². The van der Waals surface area contributed by atoms with Crippen LogP contribution in [-0.2, 0) is 19.3 Å². The molecule has 2 aromatic rings. The summed E-state index contributed by atoms with van der Waals surface area (Å²) in [7, 11) is 2.95. The molecule has 0 aliphatic heterocycles. The molecule has 0 aliphatic carbocycles. The van der Waals surface area contributed by atoms with Crippen molar-refractivity contribution >= 4 is 29.9 Å². The van der Waals surface area contributed by atoms with Gasteiger partial charge in [0, 0.05) is 25.7 Å². The zero-order valence-corrected chi connectivity index (χ0v) is 17.4. The molecule has 154 valence electrons. The number of guanidine groups is 1. The second-order valence-corrected chi connectivity index (χ2v) is 5.57. The Labute approximate surface area is 176 Å². The zero-order valence-electron chi connectivity index (χ0n) is 15.1. The predicted molar refractivity (Wildman–Crippen MR) is 109 cm³/mol. The fourth-order valence-corrected chi connectivity index (χ4v) is 2.38. The highest BCUT2D eigenvalue weighted by Crippen LogP contribution is 2.32. The highest BCUT2D eigenvalue weighted by Gasteiger charge is 2.33. The summed E-state index contributed by atoms with van der Waals surface area (Å²) < 4.78 is 57.4. The van der Waals surface area contributed by atoms with Crippen LogP contribution in [0.3, 0.4) is 0 Å². The number of ether oxygens (including phenoxy) is 1. The third-order valence-corrected chi connectivity index (χ3v) is 3.78. The van der Waals surface area contributed by atoms with Crippen LogP contribution in [0.15, 0.2) is 41.4 Å². The Bertz CT molecular complexity index is 829. The molecule has 2 aromatic carbocycles. The molecule has 0 saturated carbocycles. The number of halogens is 5. The van der Waals surface area contributed by atoms with E-state index in [-0.39, 0.29) is 54.3 Å². The van der Waals surface area contributed by atoms with E-state index in [2.05, 4.69) is 15.6 Å². The van der Waals surface area contributed by atoms with Gasteiger partial charge in [-0.1, -0.05) is 6.07 Å². The number of nitrogens with zero attached hydrogens (tertiary/aromatic N) is 1. The zero-order chi connectivity index (χ0) is 20.0. The lowest BCUT2D eigenvalue weighted by molar-refractivity contribution is -0.138. The van der Waals surface area contributed by atoms with Crippen LogP contribution >= 0.6 is 24.0 Å². The van der Waals surface area contributed by atoms with E-state index in [1.807, 2.05) is 0 Å². The fourth-order valence-electron chi connectivity index (χ4n) is 2.38. The van der Waals surface area contributed by atoms with Crippen molar-refractivity contribution < 1.29 is 27.4 Å². The summed E-state index contributed by atoms with van der Waals surface area (Å²) in [5.41, 5.74) is -0.637. The number of rotatable bonds is 5. The van der Waals surface area contributed by atoms with Gasteiger partial charge in [-0.3, -0.25) is 4.99 Å². The molecule has 0 unspecified atom stereocenters. The van der Waals surface area contributed by atoms with Crippen molar-refractivity contribution in [1.29, 1.82) is 0 Å². The van der Waals surface area contributed by atoms with E-state index in [1.165, 1.54) is 20.2 Å². The number of hydrogen-bond donors (Lipinski definition) is 3. The normalized spacial score (nSPS) is 11.6. The first kappa shape index (κ1) is 23.8. The van der Waals surface area contributed by atoms with Gasteiger partial charge in [-0.05, 0) is 35.9 Å². The summed E-state index contributed by atoms with van der Waals surface area (Å²) in [6, 6.07) is 7.20. The Kier molecular flexibility index (Phi) is 8.79. The van der Waals surface area contributed by atoms with E-state index < -0.39 is 17.6 Å². The quantitative estimate of drug-likeness (QED) is 0.245. The molecular formula is C18H20F4IN3O2. The molecule has 5 nitrogen and oxygen atoms in total. The minimum absolute atomic E-state index is 0. The van der Waals surface area contributed by atoms with Gasteiger partial charge < -0.3 is 20.5 Å². The average molecular weight is 513 g/mol. The number of aromatic hydroxyl groups is 1. The molecule has 0 bridgehead atoms.